The van der Waals surface area contributed by atoms with Gasteiger partial charge in [0.15, 0.2) is 5.75 Å². The molecule has 0 bridgehead atoms. The molecule has 0 unspecified atom stereocenters. The maximum absolute atomic E-state index is 12.6. The zero-order chi connectivity index (χ0) is 17.4. The first kappa shape index (κ1) is 15.1. The molecule has 4 rings (SSSR count). The minimum Gasteiger partial charge on any atom is -0.504 e. The van der Waals surface area contributed by atoms with Crippen molar-refractivity contribution in [3.63, 3.8) is 0 Å². The molecule has 0 saturated heterocycles. The molecule has 1 aromatic heterocycles. The van der Waals surface area contributed by atoms with E-state index in [1.165, 1.54) is 0 Å². The lowest BCUT2D eigenvalue weighted by Gasteiger charge is -2.10. The van der Waals surface area contributed by atoms with Gasteiger partial charge in [-0.3, -0.25) is 4.79 Å². The predicted molar refractivity (Wildman–Crippen MR) is 96.3 cm³/mol. The van der Waals surface area contributed by atoms with Gasteiger partial charge in [0.25, 0.3) is 5.91 Å². The quantitative estimate of drug-likeness (QED) is 0.577. The van der Waals surface area contributed by atoms with Crippen LogP contribution in [0, 0.1) is 0 Å². The Hall–Kier alpha value is -3.47. The van der Waals surface area contributed by atoms with Crippen LogP contribution in [0.2, 0.25) is 0 Å². The van der Waals surface area contributed by atoms with Gasteiger partial charge < -0.3 is 19.6 Å². The van der Waals surface area contributed by atoms with Gasteiger partial charge in [-0.05, 0) is 23.6 Å². The van der Waals surface area contributed by atoms with Gasteiger partial charge >= 0.3 is 0 Å². The molecule has 0 radical (unpaired) electrons. The predicted octanol–water partition coefficient (Wildman–Crippen LogP) is 4.55. The van der Waals surface area contributed by atoms with Crippen molar-refractivity contribution < 1.29 is 19.1 Å². The number of nitrogens with one attached hydrogen (secondary N) is 1. The van der Waals surface area contributed by atoms with Crippen molar-refractivity contribution in [2.24, 2.45) is 0 Å². The van der Waals surface area contributed by atoms with Crippen molar-refractivity contribution in [3.05, 3.63) is 66.4 Å². The molecule has 1 heterocycles. The summed E-state index contributed by atoms with van der Waals surface area (Å²) in [5.74, 6) is -0.177. The Balaban J connectivity index is 1.77. The molecule has 124 valence electrons. The van der Waals surface area contributed by atoms with Crippen molar-refractivity contribution in [1.82, 2.24) is 0 Å². The molecule has 5 nitrogen and oxygen atoms in total. The number of amides is 1. The highest BCUT2D eigenvalue weighted by atomic mass is 16.5. The molecule has 25 heavy (non-hydrogen) atoms. The van der Waals surface area contributed by atoms with E-state index in [2.05, 4.69) is 5.32 Å². The molecule has 2 N–H and O–H groups in total. The SMILES string of the molecule is COc1cc(NC(=O)c2oc3ccccc3c2O)c2ccccc2c1. The van der Waals surface area contributed by atoms with Crippen LogP contribution < -0.4 is 10.1 Å². The zero-order valence-corrected chi connectivity index (χ0v) is 13.4. The van der Waals surface area contributed by atoms with Crippen LogP contribution in [0.15, 0.2) is 65.1 Å². The van der Waals surface area contributed by atoms with E-state index in [0.717, 1.165) is 10.8 Å². The molecule has 0 fully saturated rings. The summed E-state index contributed by atoms with van der Waals surface area (Å²) in [6.07, 6.45) is 0. The molecular formula is C20H15NO4. The van der Waals surface area contributed by atoms with Gasteiger partial charge in [0.2, 0.25) is 5.76 Å². The van der Waals surface area contributed by atoms with E-state index in [4.69, 9.17) is 9.15 Å². The van der Waals surface area contributed by atoms with E-state index in [1.54, 1.807) is 37.4 Å². The number of anilines is 1. The van der Waals surface area contributed by atoms with Crippen molar-refractivity contribution in [2.45, 2.75) is 0 Å². The highest BCUT2D eigenvalue weighted by molar-refractivity contribution is 6.11. The normalized spacial score (nSPS) is 10.9. The fourth-order valence-electron chi connectivity index (χ4n) is 2.87. The first-order valence-corrected chi connectivity index (χ1v) is 7.76. The Morgan fingerprint density at radius 2 is 1.76 bits per heavy atom. The van der Waals surface area contributed by atoms with E-state index >= 15 is 0 Å². The van der Waals surface area contributed by atoms with E-state index in [1.807, 2.05) is 30.3 Å². The average Bonchev–Trinajstić information content (AvgIpc) is 2.99. The molecule has 0 saturated carbocycles. The van der Waals surface area contributed by atoms with Crippen LogP contribution in [0.1, 0.15) is 10.6 Å². The van der Waals surface area contributed by atoms with E-state index in [-0.39, 0.29) is 11.5 Å². The molecule has 4 aromatic rings. The molecule has 0 aliphatic rings. The highest BCUT2D eigenvalue weighted by Gasteiger charge is 2.21. The van der Waals surface area contributed by atoms with Crippen LogP contribution in [-0.2, 0) is 0 Å². The van der Waals surface area contributed by atoms with Gasteiger partial charge in [-0.15, -0.1) is 0 Å². The number of carbonyl (C=O) groups is 1. The third kappa shape index (κ3) is 2.55. The molecule has 0 aliphatic heterocycles. The molecule has 0 spiro atoms. The van der Waals surface area contributed by atoms with Gasteiger partial charge in [-0.25, -0.2) is 0 Å². The Morgan fingerprint density at radius 1 is 1.04 bits per heavy atom. The molecule has 0 aliphatic carbocycles. The molecule has 5 heteroatoms. The summed E-state index contributed by atoms with van der Waals surface area (Å²) in [7, 11) is 1.57. The summed E-state index contributed by atoms with van der Waals surface area (Å²) in [6.45, 7) is 0. The van der Waals surface area contributed by atoms with Crippen molar-refractivity contribution in [1.29, 1.82) is 0 Å². The standard InChI is InChI=1S/C20H15NO4/c1-24-13-10-12-6-2-3-7-14(12)16(11-13)21-20(23)19-18(22)15-8-4-5-9-17(15)25-19/h2-11,22H,1H3,(H,21,23). The topological polar surface area (TPSA) is 71.7 Å². The van der Waals surface area contributed by atoms with Gasteiger partial charge in [-0.1, -0.05) is 36.4 Å². The van der Waals surface area contributed by atoms with E-state index in [9.17, 15) is 9.90 Å². The van der Waals surface area contributed by atoms with Crippen LogP contribution in [0.5, 0.6) is 11.5 Å². The monoisotopic (exact) mass is 333 g/mol. The van der Waals surface area contributed by atoms with Crippen LogP contribution >= 0.6 is 0 Å². The Kier molecular flexibility index (Phi) is 3.54. The number of para-hydroxylation sites is 1. The number of carbonyl (C=O) groups excluding carboxylic acids is 1. The minimum atomic E-state index is -0.521. The van der Waals surface area contributed by atoms with Gasteiger partial charge in [0.05, 0.1) is 18.2 Å². The lowest BCUT2D eigenvalue weighted by atomic mass is 10.1. The summed E-state index contributed by atoms with van der Waals surface area (Å²) >= 11 is 0. The number of hydrogen-bond acceptors (Lipinski definition) is 4. The van der Waals surface area contributed by atoms with Crippen molar-refractivity contribution >= 4 is 33.3 Å². The maximum atomic E-state index is 12.6. The third-order valence-corrected chi connectivity index (χ3v) is 4.09. The van der Waals surface area contributed by atoms with Crippen molar-refractivity contribution in [3.8, 4) is 11.5 Å². The van der Waals surface area contributed by atoms with Crippen LogP contribution in [0.3, 0.4) is 0 Å². The number of furan rings is 1. The number of hydrogen-bond donors (Lipinski definition) is 2. The number of rotatable bonds is 3. The third-order valence-electron chi connectivity index (χ3n) is 4.09. The lowest BCUT2D eigenvalue weighted by molar-refractivity contribution is 0.0995. The van der Waals surface area contributed by atoms with Gasteiger partial charge in [-0.2, -0.15) is 0 Å². The smallest absolute Gasteiger partial charge is 0.295 e. The molecular weight excluding hydrogens is 318 g/mol. The number of aromatic hydroxyl groups is 1. The lowest BCUT2D eigenvalue weighted by Crippen LogP contribution is -2.11. The van der Waals surface area contributed by atoms with E-state index in [0.29, 0.717) is 22.4 Å². The second kappa shape index (κ2) is 5.87. The minimum absolute atomic E-state index is 0.117. The van der Waals surface area contributed by atoms with Crippen LogP contribution in [0.4, 0.5) is 5.69 Å². The van der Waals surface area contributed by atoms with Crippen molar-refractivity contribution in [2.75, 3.05) is 12.4 Å². The molecule has 3 aromatic carbocycles. The second-order valence-corrected chi connectivity index (χ2v) is 5.63. The maximum Gasteiger partial charge on any atom is 0.295 e. The number of methoxy groups -OCH3 is 1. The van der Waals surface area contributed by atoms with E-state index < -0.39 is 5.91 Å². The van der Waals surface area contributed by atoms with Crippen LogP contribution in [0.25, 0.3) is 21.7 Å². The number of ether oxygens (including phenoxy) is 1. The first-order valence-electron chi connectivity index (χ1n) is 7.76. The largest absolute Gasteiger partial charge is 0.504 e. The summed E-state index contributed by atoms with van der Waals surface area (Å²) in [5, 5.41) is 15.4. The fraction of sp³-hybridized carbons (Fsp3) is 0.0500. The first-order chi connectivity index (χ1) is 12.2. The summed E-state index contributed by atoms with van der Waals surface area (Å²) in [6, 6.07) is 18.2. The fourth-order valence-corrected chi connectivity index (χ4v) is 2.87. The number of benzene rings is 3. The van der Waals surface area contributed by atoms with Gasteiger partial charge in [0.1, 0.15) is 11.3 Å². The summed E-state index contributed by atoms with van der Waals surface area (Å²) < 4.78 is 10.8. The average molecular weight is 333 g/mol. The van der Waals surface area contributed by atoms with Crippen LogP contribution in [-0.4, -0.2) is 18.1 Å². The molecule has 1 amide bonds. The second-order valence-electron chi connectivity index (χ2n) is 5.63. The Bertz CT molecular complexity index is 1100. The molecule has 0 atom stereocenters. The Labute approximate surface area is 143 Å². The zero-order valence-electron chi connectivity index (χ0n) is 13.4. The highest BCUT2D eigenvalue weighted by Crippen LogP contribution is 2.34. The summed E-state index contributed by atoms with van der Waals surface area (Å²) in [5.41, 5.74) is 1.04. The van der Waals surface area contributed by atoms with Gasteiger partial charge in [0, 0.05) is 11.5 Å². The Morgan fingerprint density at radius 3 is 2.52 bits per heavy atom. The number of fused-ring (bicyclic) bond motifs is 2. The summed E-state index contributed by atoms with van der Waals surface area (Å²) in [4.78, 5) is 12.6.